The summed E-state index contributed by atoms with van der Waals surface area (Å²) in [5, 5.41) is 4.16. The molecule has 4 N–H and O–H groups in total. The highest BCUT2D eigenvalue weighted by molar-refractivity contribution is 5.94. The standard InChI is InChI=1S/C21H23N3O2/c22-21(26)18-9-2-1-6-15(18)7-5-11-20(25)23-13-12-16-14-24-19-10-4-3-8-17(16)19/h1-4,6,8-10,14,24H,5,7,11-13H2,(H2,22,26)(H,23,25). The van der Waals surface area contributed by atoms with Crippen molar-refractivity contribution in [2.75, 3.05) is 6.54 Å². The Kier molecular flexibility index (Phi) is 5.69. The Morgan fingerprint density at radius 2 is 1.73 bits per heavy atom. The van der Waals surface area contributed by atoms with Gasteiger partial charge in [-0.05, 0) is 42.5 Å². The van der Waals surface area contributed by atoms with Gasteiger partial charge in [-0.15, -0.1) is 0 Å². The van der Waals surface area contributed by atoms with Crippen LogP contribution in [-0.2, 0) is 17.6 Å². The van der Waals surface area contributed by atoms with Crippen molar-refractivity contribution >= 4 is 22.7 Å². The first-order valence-electron chi connectivity index (χ1n) is 8.84. The van der Waals surface area contributed by atoms with Gasteiger partial charge in [0.1, 0.15) is 0 Å². The molecule has 0 aliphatic carbocycles. The van der Waals surface area contributed by atoms with E-state index in [9.17, 15) is 9.59 Å². The number of benzene rings is 2. The molecule has 0 aliphatic heterocycles. The largest absolute Gasteiger partial charge is 0.366 e. The number of fused-ring (bicyclic) bond motifs is 1. The highest BCUT2D eigenvalue weighted by Gasteiger charge is 2.08. The molecule has 2 amide bonds. The van der Waals surface area contributed by atoms with Gasteiger partial charge in [0.15, 0.2) is 0 Å². The van der Waals surface area contributed by atoms with Crippen LogP contribution in [0.1, 0.15) is 34.3 Å². The fourth-order valence-corrected chi connectivity index (χ4v) is 3.18. The summed E-state index contributed by atoms with van der Waals surface area (Å²) >= 11 is 0. The lowest BCUT2D eigenvalue weighted by molar-refractivity contribution is -0.121. The molecule has 26 heavy (non-hydrogen) atoms. The Labute approximate surface area is 152 Å². The van der Waals surface area contributed by atoms with Gasteiger partial charge >= 0.3 is 0 Å². The molecule has 1 heterocycles. The number of aromatic amines is 1. The molecule has 0 saturated carbocycles. The minimum atomic E-state index is -0.427. The number of hydrogen-bond acceptors (Lipinski definition) is 2. The summed E-state index contributed by atoms with van der Waals surface area (Å²) in [7, 11) is 0. The van der Waals surface area contributed by atoms with E-state index in [1.54, 1.807) is 12.1 Å². The van der Waals surface area contributed by atoms with Crippen molar-refractivity contribution in [1.29, 1.82) is 0 Å². The third-order valence-corrected chi connectivity index (χ3v) is 4.52. The lowest BCUT2D eigenvalue weighted by Gasteiger charge is -2.07. The van der Waals surface area contributed by atoms with Gasteiger partial charge in [-0.1, -0.05) is 36.4 Å². The zero-order valence-electron chi connectivity index (χ0n) is 14.6. The van der Waals surface area contributed by atoms with E-state index < -0.39 is 5.91 Å². The lowest BCUT2D eigenvalue weighted by Crippen LogP contribution is -2.25. The normalized spacial score (nSPS) is 10.8. The van der Waals surface area contributed by atoms with Gasteiger partial charge in [-0.2, -0.15) is 0 Å². The van der Waals surface area contributed by atoms with Gasteiger partial charge in [-0.3, -0.25) is 9.59 Å². The van der Waals surface area contributed by atoms with Gasteiger partial charge in [0, 0.05) is 35.6 Å². The van der Waals surface area contributed by atoms with Crippen molar-refractivity contribution < 1.29 is 9.59 Å². The zero-order valence-corrected chi connectivity index (χ0v) is 14.6. The maximum atomic E-state index is 12.0. The number of nitrogens with two attached hydrogens (primary N) is 1. The third kappa shape index (κ3) is 4.30. The fraction of sp³-hybridized carbons (Fsp3) is 0.238. The van der Waals surface area contributed by atoms with E-state index in [1.807, 2.05) is 36.5 Å². The van der Waals surface area contributed by atoms with Crippen LogP contribution in [0, 0.1) is 0 Å². The van der Waals surface area contributed by atoms with Crippen molar-refractivity contribution in [3.05, 3.63) is 71.4 Å². The van der Waals surface area contributed by atoms with Gasteiger partial charge in [-0.25, -0.2) is 0 Å². The number of amides is 2. The van der Waals surface area contributed by atoms with Crippen LogP contribution in [0.4, 0.5) is 0 Å². The quantitative estimate of drug-likeness (QED) is 0.584. The summed E-state index contributed by atoms with van der Waals surface area (Å²) in [4.78, 5) is 26.7. The molecule has 134 valence electrons. The molecule has 0 saturated heterocycles. The Bertz CT molecular complexity index is 914. The molecular formula is C21H23N3O2. The number of rotatable bonds is 8. The number of H-pyrrole nitrogens is 1. The summed E-state index contributed by atoms with van der Waals surface area (Å²) in [6, 6.07) is 15.4. The highest BCUT2D eigenvalue weighted by Crippen LogP contribution is 2.17. The molecule has 0 bridgehead atoms. The van der Waals surface area contributed by atoms with Gasteiger partial charge in [0.05, 0.1) is 0 Å². The van der Waals surface area contributed by atoms with E-state index in [0.29, 0.717) is 31.4 Å². The molecule has 3 aromatic rings. The van der Waals surface area contributed by atoms with Crippen LogP contribution in [0.25, 0.3) is 10.9 Å². The van der Waals surface area contributed by atoms with Crippen LogP contribution in [-0.4, -0.2) is 23.3 Å². The summed E-state index contributed by atoms with van der Waals surface area (Å²) in [5.74, 6) is -0.398. The van der Waals surface area contributed by atoms with Crippen LogP contribution in [0.3, 0.4) is 0 Å². The maximum absolute atomic E-state index is 12.0. The minimum absolute atomic E-state index is 0.0291. The van der Waals surface area contributed by atoms with E-state index in [0.717, 1.165) is 17.5 Å². The Morgan fingerprint density at radius 1 is 0.962 bits per heavy atom. The predicted octanol–water partition coefficient (Wildman–Crippen LogP) is 2.95. The van der Waals surface area contributed by atoms with Crippen molar-refractivity contribution in [1.82, 2.24) is 10.3 Å². The number of carbonyl (C=O) groups is 2. The van der Waals surface area contributed by atoms with Crippen molar-refractivity contribution in [3.63, 3.8) is 0 Å². The number of aromatic nitrogens is 1. The summed E-state index contributed by atoms with van der Waals surface area (Å²) in [6.07, 6.45) is 4.57. The molecule has 3 rings (SSSR count). The van der Waals surface area contributed by atoms with Crippen molar-refractivity contribution in [2.24, 2.45) is 5.73 Å². The SMILES string of the molecule is NC(=O)c1ccccc1CCCC(=O)NCCc1c[nH]c2ccccc12. The molecule has 0 unspecified atom stereocenters. The molecular weight excluding hydrogens is 326 g/mol. The smallest absolute Gasteiger partial charge is 0.248 e. The second-order valence-electron chi connectivity index (χ2n) is 6.33. The monoisotopic (exact) mass is 349 g/mol. The molecule has 5 heteroatoms. The van der Waals surface area contributed by atoms with E-state index in [1.165, 1.54) is 10.9 Å². The molecule has 0 spiro atoms. The lowest BCUT2D eigenvalue weighted by atomic mass is 10.0. The molecule has 0 radical (unpaired) electrons. The zero-order chi connectivity index (χ0) is 18.4. The van der Waals surface area contributed by atoms with Crippen molar-refractivity contribution in [3.8, 4) is 0 Å². The van der Waals surface area contributed by atoms with Crippen LogP contribution in [0.15, 0.2) is 54.7 Å². The minimum Gasteiger partial charge on any atom is -0.366 e. The molecule has 0 aliphatic rings. The molecule has 0 fully saturated rings. The Balaban J connectivity index is 1.43. The van der Waals surface area contributed by atoms with Gasteiger partial charge in [0.25, 0.3) is 0 Å². The van der Waals surface area contributed by atoms with E-state index in [4.69, 9.17) is 5.73 Å². The summed E-state index contributed by atoms with van der Waals surface area (Å²) in [5.41, 5.74) is 9.12. The van der Waals surface area contributed by atoms with Crippen molar-refractivity contribution in [2.45, 2.75) is 25.7 Å². The first-order chi connectivity index (χ1) is 12.6. The van der Waals surface area contributed by atoms with E-state index in [2.05, 4.69) is 16.4 Å². The number of carbonyl (C=O) groups excluding carboxylic acids is 2. The summed E-state index contributed by atoms with van der Waals surface area (Å²) in [6.45, 7) is 0.610. The second-order valence-corrected chi connectivity index (χ2v) is 6.33. The van der Waals surface area contributed by atoms with Gasteiger partial charge in [0.2, 0.25) is 11.8 Å². The average molecular weight is 349 g/mol. The Morgan fingerprint density at radius 3 is 2.58 bits per heavy atom. The van der Waals surface area contributed by atoms with Gasteiger partial charge < -0.3 is 16.0 Å². The predicted molar refractivity (Wildman–Crippen MR) is 103 cm³/mol. The molecule has 2 aromatic carbocycles. The van der Waals surface area contributed by atoms with Crippen LogP contribution < -0.4 is 11.1 Å². The number of para-hydroxylation sites is 1. The molecule has 1 aromatic heterocycles. The molecule has 5 nitrogen and oxygen atoms in total. The number of aryl methyl sites for hydroxylation is 1. The first-order valence-corrected chi connectivity index (χ1v) is 8.84. The number of primary amides is 1. The topological polar surface area (TPSA) is 88.0 Å². The van der Waals surface area contributed by atoms with E-state index >= 15 is 0 Å². The Hall–Kier alpha value is -3.08. The van der Waals surface area contributed by atoms with Crippen LogP contribution >= 0.6 is 0 Å². The van der Waals surface area contributed by atoms with E-state index in [-0.39, 0.29) is 5.91 Å². The number of hydrogen-bond donors (Lipinski definition) is 3. The first kappa shape index (κ1) is 17.7. The number of nitrogens with one attached hydrogen (secondary N) is 2. The molecule has 0 atom stereocenters. The third-order valence-electron chi connectivity index (χ3n) is 4.52. The maximum Gasteiger partial charge on any atom is 0.248 e. The summed E-state index contributed by atoms with van der Waals surface area (Å²) < 4.78 is 0. The van der Waals surface area contributed by atoms with Crippen LogP contribution in [0.2, 0.25) is 0 Å². The highest BCUT2D eigenvalue weighted by atomic mass is 16.1. The van der Waals surface area contributed by atoms with Crippen LogP contribution in [0.5, 0.6) is 0 Å². The fourth-order valence-electron chi connectivity index (χ4n) is 3.18. The second kappa shape index (κ2) is 8.34. The average Bonchev–Trinajstić information content (AvgIpc) is 3.05.